The molecule has 0 aliphatic carbocycles. The molecule has 0 aliphatic rings. The molecule has 0 saturated carbocycles. The van der Waals surface area contributed by atoms with Gasteiger partial charge >= 0.3 is 0 Å². The lowest BCUT2D eigenvalue weighted by atomic mass is 10.2. The van der Waals surface area contributed by atoms with Gasteiger partial charge in [0.1, 0.15) is 0 Å². The number of hydrogen-bond acceptors (Lipinski definition) is 4. The highest BCUT2D eigenvalue weighted by molar-refractivity contribution is 5.94. The molecule has 92 valence electrons. The van der Waals surface area contributed by atoms with Crippen molar-refractivity contribution in [2.75, 3.05) is 19.7 Å². The third-order valence-corrected chi connectivity index (χ3v) is 2.36. The van der Waals surface area contributed by atoms with Gasteiger partial charge in [0.2, 0.25) is 0 Å². The quantitative estimate of drug-likeness (QED) is 0.613. The van der Waals surface area contributed by atoms with Crippen LogP contribution in [-0.4, -0.2) is 40.5 Å². The summed E-state index contributed by atoms with van der Waals surface area (Å²) in [6.45, 7) is 2.44. The second-order valence-corrected chi connectivity index (χ2v) is 3.41. The second kappa shape index (κ2) is 5.95. The van der Waals surface area contributed by atoms with E-state index in [1.807, 2.05) is 0 Å². The molecule has 0 aromatic heterocycles. The first-order valence-corrected chi connectivity index (χ1v) is 5.24. The summed E-state index contributed by atoms with van der Waals surface area (Å²) in [6, 6.07) is 5.42. The minimum atomic E-state index is -0.514. The smallest absolute Gasteiger partial charge is 0.269 e. The highest BCUT2D eigenvalue weighted by atomic mass is 16.6. The van der Waals surface area contributed by atoms with Crippen molar-refractivity contribution in [2.45, 2.75) is 6.92 Å². The highest BCUT2D eigenvalue weighted by Gasteiger charge is 2.14. The molecule has 0 fully saturated rings. The zero-order valence-electron chi connectivity index (χ0n) is 9.50. The first-order valence-electron chi connectivity index (χ1n) is 5.24. The number of nitro benzene ring substituents is 1. The molecule has 1 N–H and O–H groups in total. The van der Waals surface area contributed by atoms with E-state index in [-0.39, 0.29) is 24.7 Å². The summed E-state index contributed by atoms with van der Waals surface area (Å²) in [5.41, 5.74) is 0.331. The number of nitro groups is 1. The number of aliphatic hydroxyl groups excluding tert-OH is 1. The predicted octanol–water partition coefficient (Wildman–Crippen LogP) is 1.05. The normalized spacial score (nSPS) is 10.0. The summed E-state index contributed by atoms with van der Waals surface area (Å²) < 4.78 is 0. The SMILES string of the molecule is CCN(CCO)C(=O)c1ccc([N+](=O)[O-])cc1. The predicted molar refractivity (Wildman–Crippen MR) is 61.8 cm³/mol. The van der Waals surface area contributed by atoms with Crippen LogP contribution in [0.4, 0.5) is 5.69 Å². The maximum atomic E-state index is 11.9. The Morgan fingerprint density at radius 1 is 1.41 bits per heavy atom. The molecular formula is C11H14N2O4. The fraction of sp³-hybridized carbons (Fsp3) is 0.364. The van der Waals surface area contributed by atoms with Gasteiger partial charge in [0.15, 0.2) is 0 Å². The molecule has 0 radical (unpaired) electrons. The van der Waals surface area contributed by atoms with Gasteiger partial charge in [-0.3, -0.25) is 14.9 Å². The average Bonchev–Trinajstić information content (AvgIpc) is 2.35. The molecule has 1 amide bonds. The van der Waals surface area contributed by atoms with Gasteiger partial charge in [0.25, 0.3) is 11.6 Å². The summed E-state index contributed by atoms with van der Waals surface area (Å²) in [7, 11) is 0. The molecule has 0 atom stereocenters. The summed E-state index contributed by atoms with van der Waals surface area (Å²) in [6.07, 6.45) is 0. The molecule has 6 nitrogen and oxygen atoms in total. The molecule has 0 aliphatic heterocycles. The van der Waals surface area contributed by atoms with E-state index in [9.17, 15) is 14.9 Å². The maximum Gasteiger partial charge on any atom is 0.269 e. The van der Waals surface area contributed by atoms with Crippen molar-refractivity contribution in [1.82, 2.24) is 4.90 Å². The van der Waals surface area contributed by atoms with E-state index in [0.29, 0.717) is 12.1 Å². The van der Waals surface area contributed by atoms with E-state index in [4.69, 9.17) is 5.11 Å². The van der Waals surface area contributed by atoms with E-state index < -0.39 is 4.92 Å². The molecule has 6 heteroatoms. The van der Waals surface area contributed by atoms with Crippen LogP contribution >= 0.6 is 0 Å². The lowest BCUT2D eigenvalue weighted by molar-refractivity contribution is -0.384. The van der Waals surface area contributed by atoms with Crippen LogP contribution in [0.2, 0.25) is 0 Å². The van der Waals surface area contributed by atoms with Gasteiger partial charge in [0, 0.05) is 30.8 Å². The minimum absolute atomic E-state index is 0.0493. The second-order valence-electron chi connectivity index (χ2n) is 3.41. The van der Waals surface area contributed by atoms with Crippen molar-refractivity contribution >= 4 is 11.6 Å². The Kier molecular flexibility index (Phi) is 4.59. The summed E-state index contributed by atoms with van der Waals surface area (Å²) in [4.78, 5) is 23.3. The van der Waals surface area contributed by atoms with Crippen LogP contribution in [0.3, 0.4) is 0 Å². The number of carbonyl (C=O) groups excluding carboxylic acids is 1. The summed E-state index contributed by atoms with van der Waals surface area (Å²) >= 11 is 0. The Labute approximate surface area is 98.6 Å². The van der Waals surface area contributed by atoms with E-state index in [0.717, 1.165) is 0 Å². The van der Waals surface area contributed by atoms with E-state index in [1.54, 1.807) is 6.92 Å². The number of carbonyl (C=O) groups is 1. The van der Waals surface area contributed by atoms with Crippen LogP contribution in [0.15, 0.2) is 24.3 Å². The Morgan fingerprint density at radius 2 is 2.00 bits per heavy atom. The Bertz CT molecular complexity index is 402. The number of non-ortho nitro benzene ring substituents is 1. The molecule has 17 heavy (non-hydrogen) atoms. The fourth-order valence-corrected chi connectivity index (χ4v) is 1.43. The first-order chi connectivity index (χ1) is 8.10. The lowest BCUT2D eigenvalue weighted by Gasteiger charge is -2.19. The molecule has 0 unspecified atom stereocenters. The van der Waals surface area contributed by atoms with Crippen LogP contribution in [0, 0.1) is 10.1 Å². The number of nitrogens with zero attached hydrogens (tertiary/aromatic N) is 2. The Hall–Kier alpha value is -1.95. The molecule has 0 heterocycles. The number of rotatable bonds is 5. The van der Waals surface area contributed by atoms with Crippen LogP contribution in [0.25, 0.3) is 0 Å². The van der Waals surface area contributed by atoms with Gasteiger partial charge in [-0.25, -0.2) is 0 Å². The molecule has 0 bridgehead atoms. The maximum absolute atomic E-state index is 11.9. The third kappa shape index (κ3) is 3.25. The van der Waals surface area contributed by atoms with Crippen molar-refractivity contribution in [3.8, 4) is 0 Å². The molecule has 0 spiro atoms. The van der Waals surface area contributed by atoms with Gasteiger partial charge in [-0.1, -0.05) is 0 Å². The highest BCUT2D eigenvalue weighted by Crippen LogP contribution is 2.13. The van der Waals surface area contributed by atoms with Gasteiger partial charge in [-0.15, -0.1) is 0 Å². The van der Waals surface area contributed by atoms with Crippen molar-refractivity contribution in [1.29, 1.82) is 0 Å². The van der Waals surface area contributed by atoms with Crippen LogP contribution in [0.5, 0.6) is 0 Å². The fourth-order valence-electron chi connectivity index (χ4n) is 1.43. The number of likely N-dealkylation sites (N-methyl/N-ethyl adjacent to an activating group) is 1. The molecule has 0 saturated heterocycles. The van der Waals surface area contributed by atoms with Gasteiger partial charge in [-0.05, 0) is 19.1 Å². The van der Waals surface area contributed by atoms with E-state index in [1.165, 1.54) is 29.2 Å². The Morgan fingerprint density at radius 3 is 2.41 bits per heavy atom. The van der Waals surface area contributed by atoms with Crippen LogP contribution < -0.4 is 0 Å². The van der Waals surface area contributed by atoms with Crippen LogP contribution in [0.1, 0.15) is 17.3 Å². The number of benzene rings is 1. The largest absolute Gasteiger partial charge is 0.395 e. The van der Waals surface area contributed by atoms with Gasteiger partial charge in [0.05, 0.1) is 11.5 Å². The van der Waals surface area contributed by atoms with Gasteiger partial charge in [-0.2, -0.15) is 0 Å². The molecule has 1 rings (SSSR count). The van der Waals surface area contributed by atoms with Crippen molar-refractivity contribution < 1.29 is 14.8 Å². The van der Waals surface area contributed by atoms with E-state index in [2.05, 4.69) is 0 Å². The average molecular weight is 238 g/mol. The van der Waals surface area contributed by atoms with Crippen molar-refractivity contribution in [3.63, 3.8) is 0 Å². The van der Waals surface area contributed by atoms with Crippen LogP contribution in [-0.2, 0) is 0 Å². The molecule has 1 aromatic carbocycles. The van der Waals surface area contributed by atoms with Gasteiger partial charge < -0.3 is 10.0 Å². The number of amides is 1. The minimum Gasteiger partial charge on any atom is -0.395 e. The first kappa shape index (κ1) is 13.1. The topological polar surface area (TPSA) is 83.7 Å². The zero-order chi connectivity index (χ0) is 12.8. The zero-order valence-corrected chi connectivity index (χ0v) is 9.50. The lowest BCUT2D eigenvalue weighted by Crippen LogP contribution is -2.33. The third-order valence-electron chi connectivity index (χ3n) is 2.36. The summed E-state index contributed by atoms with van der Waals surface area (Å²) in [5, 5.41) is 19.2. The summed E-state index contributed by atoms with van der Waals surface area (Å²) in [5.74, 6) is -0.239. The number of aliphatic hydroxyl groups is 1. The van der Waals surface area contributed by atoms with E-state index >= 15 is 0 Å². The molecule has 1 aromatic rings. The number of hydrogen-bond donors (Lipinski definition) is 1. The molecular weight excluding hydrogens is 224 g/mol. The van der Waals surface area contributed by atoms with Crippen molar-refractivity contribution in [3.05, 3.63) is 39.9 Å². The monoisotopic (exact) mass is 238 g/mol. The van der Waals surface area contributed by atoms with Crippen molar-refractivity contribution in [2.24, 2.45) is 0 Å². The standard InChI is InChI=1S/C11H14N2O4/c1-2-12(7-8-14)11(15)9-3-5-10(6-4-9)13(16)17/h3-6,14H,2,7-8H2,1H3. The Balaban J connectivity index is 2.85.